The van der Waals surface area contributed by atoms with Crippen LogP contribution in [0.15, 0.2) is 6.07 Å². The molecule has 2 rings (SSSR count). The predicted octanol–water partition coefficient (Wildman–Crippen LogP) is 2.55. The van der Waals surface area contributed by atoms with E-state index >= 15 is 0 Å². The van der Waals surface area contributed by atoms with Gasteiger partial charge < -0.3 is 10.3 Å². The zero-order valence-electron chi connectivity index (χ0n) is 11.1. The maximum atomic E-state index is 12.8. The molecule has 1 aromatic heterocycles. The molecule has 0 radical (unpaired) electrons. The summed E-state index contributed by atoms with van der Waals surface area (Å²) in [5.74, 6) is 4.28. The van der Waals surface area contributed by atoms with Crippen molar-refractivity contribution >= 4 is 11.6 Å². The Bertz CT molecular complexity index is 441. The maximum absolute atomic E-state index is 12.8. The van der Waals surface area contributed by atoms with E-state index in [2.05, 4.69) is 15.4 Å². The summed E-state index contributed by atoms with van der Waals surface area (Å²) in [7, 11) is 0. The molecule has 0 unspecified atom stereocenters. The fourth-order valence-corrected chi connectivity index (χ4v) is 2.27. The first-order chi connectivity index (χ1) is 9.50. The molecule has 3 N–H and O–H groups in total. The third-order valence-corrected chi connectivity index (χ3v) is 3.29. The van der Waals surface area contributed by atoms with Crippen molar-refractivity contribution in [1.29, 1.82) is 0 Å². The number of rotatable bonds is 2. The second-order valence-electron chi connectivity index (χ2n) is 4.83. The zero-order valence-corrected chi connectivity index (χ0v) is 11.1. The minimum atomic E-state index is -4.58. The van der Waals surface area contributed by atoms with Crippen molar-refractivity contribution in [3.63, 3.8) is 0 Å². The minimum absolute atomic E-state index is 0.0237. The molecular formula is C12H18F3N5. The summed E-state index contributed by atoms with van der Waals surface area (Å²) in [5.41, 5.74) is 2.17. The molecule has 112 valence electrons. The van der Waals surface area contributed by atoms with Crippen molar-refractivity contribution in [1.82, 2.24) is 9.97 Å². The SMILES string of the molecule is NNc1cc(N2CCCCCCC2)nc(C(F)(F)F)n1. The van der Waals surface area contributed by atoms with Crippen LogP contribution >= 0.6 is 0 Å². The van der Waals surface area contributed by atoms with E-state index in [0.29, 0.717) is 13.1 Å². The van der Waals surface area contributed by atoms with Crippen LogP contribution in [0.3, 0.4) is 0 Å². The standard InChI is InChI=1S/C12H18F3N5/c13-12(14,15)11-17-9(19-16)8-10(18-11)20-6-4-2-1-3-5-7-20/h8H,1-7,16H2,(H,17,18,19). The van der Waals surface area contributed by atoms with Crippen LogP contribution in [0.25, 0.3) is 0 Å². The number of anilines is 2. The molecule has 5 nitrogen and oxygen atoms in total. The van der Waals surface area contributed by atoms with Crippen LogP contribution in [-0.2, 0) is 6.18 Å². The molecule has 0 saturated carbocycles. The van der Waals surface area contributed by atoms with E-state index in [4.69, 9.17) is 5.84 Å². The van der Waals surface area contributed by atoms with E-state index in [1.807, 2.05) is 4.90 Å². The van der Waals surface area contributed by atoms with Gasteiger partial charge >= 0.3 is 6.18 Å². The number of nitrogens with two attached hydrogens (primary N) is 1. The van der Waals surface area contributed by atoms with Crippen LogP contribution in [-0.4, -0.2) is 23.1 Å². The molecule has 8 heteroatoms. The topological polar surface area (TPSA) is 67.1 Å². The lowest BCUT2D eigenvalue weighted by molar-refractivity contribution is -0.144. The fraction of sp³-hybridized carbons (Fsp3) is 0.667. The van der Waals surface area contributed by atoms with E-state index < -0.39 is 12.0 Å². The van der Waals surface area contributed by atoms with Gasteiger partial charge in [0.05, 0.1) is 0 Å². The van der Waals surface area contributed by atoms with Gasteiger partial charge in [0.2, 0.25) is 5.82 Å². The highest BCUT2D eigenvalue weighted by atomic mass is 19.4. The largest absolute Gasteiger partial charge is 0.451 e. The number of nitrogens with one attached hydrogen (secondary N) is 1. The first-order valence-electron chi connectivity index (χ1n) is 6.68. The Morgan fingerprint density at radius 3 is 2.20 bits per heavy atom. The molecule has 1 aromatic rings. The Balaban J connectivity index is 2.29. The number of halogens is 3. The van der Waals surface area contributed by atoms with E-state index in [-0.39, 0.29) is 11.6 Å². The Hall–Kier alpha value is -1.57. The van der Waals surface area contributed by atoms with Gasteiger partial charge in [-0.25, -0.2) is 15.8 Å². The molecule has 0 spiro atoms. The van der Waals surface area contributed by atoms with Gasteiger partial charge in [-0.15, -0.1) is 0 Å². The van der Waals surface area contributed by atoms with E-state index in [1.54, 1.807) is 0 Å². The summed E-state index contributed by atoms with van der Waals surface area (Å²) in [6, 6.07) is 1.46. The third-order valence-electron chi connectivity index (χ3n) is 3.29. The highest BCUT2D eigenvalue weighted by Gasteiger charge is 2.35. The lowest BCUT2D eigenvalue weighted by Crippen LogP contribution is -2.29. The van der Waals surface area contributed by atoms with Crippen molar-refractivity contribution in [3.8, 4) is 0 Å². The van der Waals surface area contributed by atoms with Crippen molar-refractivity contribution in [2.75, 3.05) is 23.4 Å². The van der Waals surface area contributed by atoms with Gasteiger partial charge in [-0.1, -0.05) is 19.3 Å². The van der Waals surface area contributed by atoms with Gasteiger partial charge in [-0.3, -0.25) is 0 Å². The molecule has 0 aliphatic carbocycles. The highest BCUT2D eigenvalue weighted by molar-refractivity contribution is 5.49. The Morgan fingerprint density at radius 1 is 1.05 bits per heavy atom. The third kappa shape index (κ3) is 3.72. The van der Waals surface area contributed by atoms with E-state index in [9.17, 15) is 13.2 Å². The van der Waals surface area contributed by atoms with Crippen molar-refractivity contribution in [3.05, 3.63) is 11.9 Å². The summed E-state index contributed by atoms with van der Waals surface area (Å²) in [6.45, 7) is 1.41. The molecule has 20 heavy (non-hydrogen) atoms. The second-order valence-corrected chi connectivity index (χ2v) is 4.83. The first kappa shape index (κ1) is 14.8. The lowest BCUT2D eigenvalue weighted by Gasteiger charge is -2.26. The second kappa shape index (κ2) is 6.25. The van der Waals surface area contributed by atoms with Gasteiger partial charge in [-0.2, -0.15) is 13.2 Å². The van der Waals surface area contributed by atoms with Gasteiger partial charge in [0.15, 0.2) is 0 Å². The monoisotopic (exact) mass is 289 g/mol. The van der Waals surface area contributed by atoms with Gasteiger partial charge in [0.1, 0.15) is 11.6 Å². The van der Waals surface area contributed by atoms with Crippen LogP contribution in [0, 0.1) is 0 Å². The van der Waals surface area contributed by atoms with Crippen LogP contribution in [0.1, 0.15) is 37.9 Å². The van der Waals surface area contributed by atoms with Gasteiger partial charge in [0, 0.05) is 19.2 Å². The summed E-state index contributed by atoms with van der Waals surface area (Å²) in [6.07, 6.45) is 0.699. The molecule has 1 aliphatic heterocycles. The molecule has 0 atom stereocenters. The minimum Gasteiger partial charge on any atom is -0.356 e. The number of nitrogen functional groups attached to an aromatic ring is 1. The van der Waals surface area contributed by atoms with Crippen molar-refractivity contribution < 1.29 is 13.2 Å². The summed E-state index contributed by atoms with van der Waals surface area (Å²) >= 11 is 0. The number of hydrogen-bond donors (Lipinski definition) is 2. The average molecular weight is 289 g/mol. The molecule has 0 aromatic carbocycles. The maximum Gasteiger partial charge on any atom is 0.451 e. The smallest absolute Gasteiger partial charge is 0.356 e. The molecular weight excluding hydrogens is 271 g/mol. The normalized spacial score (nSPS) is 17.5. The Labute approximate surface area is 115 Å². The van der Waals surface area contributed by atoms with Gasteiger partial charge in [0.25, 0.3) is 0 Å². The van der Waals surface area contributed by atoms with Crippen molar-refractivity contribution in [2.45, 2.75) is 38.3 Å². The highest BCUT2D eigenvalue weighted by Crippen LogP contribution is 2.29. The van der Waals surface area contributed by atoms with E-state index in [1.165, 1.54) is 12.5 Å². The summed E-state index contributed by atoms with van der Waals surface area (Å²) in [4.78, 5) is 8.88. The quantitative estimate of drug-likeness (QED) is 0.647. The molecule has 0 bridgehead atoms. The lowest BCUT2D eigenvalue weighted by atomic mass is 10.1. The van der Waals surface area contributed by atoms with E-state index in [0.717, 1.165) is 25.7 Å². The van der Waals surface area contributed by atoms with Gasteiger partial charge in [-0.05, 0) is 12.8 Å². The van der Waals surface area contributed by atoms with Crippen LogP contribution < -0.4 is 16.2 Å². The van der Waals surface area contributed by atoms with Crippen molar-refractivity contribution in [2.24, 2.45) is 5.84 Å². The predicted molar refractivity (Wildman–Crippen MR) is 70.1 cm³/mol. The molecule has 1 fully saturated rings. The first-order valence-corrected chi connectivity index (χ1v) is 6.68. The van der Waals surface area contributed by atoms with Crippen LogP contribution in [0.4, 0.5) is 24.8 Å². The molecule has 1 saturated heterocycles. The molecule has 0 amide bonds. The summed E-state index contributed by atoms with van der Waals surface area (Å²) in [5, 5.41) is 0. The average Bonchev–Trinajstić information content (AvgIpc) is 2.36. The molecule has 1 aliphatic rings. The number of hydrazine groups is 1. The Morgan fingerprint density at radius 2 is 1.65 bits per heavy atom. The number of aromatic nitrogens is 2. The molecule has 2 heterocycles. The summed E-state index contributed by atoms with van der Waals surface area (Å²) < 4.78 is 38.4. The number of hydrogen-bond acceptors (Lipinski definition) is 5. The number of nitrogens with zero attached hydrogens (tertiary/aromatic N) is 3. The Kier molecular flexibility index (Phi) is 4.64. The zero-order chi connectivity index (χ0) is 14.6. The number of alkyl halides is 3. The van der Waals surface area contributed by atoms with Crippen LogP contribution in [0.5, 0.6) is 0 Å². The fourth-order valence-electron chi connectivity index (χ4n) is 2.27. The van der Waals surface area contributed by atoms with Crippen LogP contribution in [0.2, 0.25) is 0 Å².